The van der Waals surface area contributed by atoms with Gasteiger partial charge in [0.25, 0.3) is 0 Å². The van der Waals surface area contributed by atoms with Crippen molar-refractivity contribution in [2.75, 3.05) is 33.1 Å². The minimum atomic E-state index is -2.67. The Hall–Kier alpha value is 0.510. The summed E-state index contributed by atoms with van der Waals surface area (Å²) in [4.78, 5) is 0. The van der Waals surface area contributed by atoms with Crippen LogP contribution in [0.3, 0.4) is 0 Å². The van der Waals surface area contributed by atoms with Crippen LogP contribution in [0.15, 0.2) is 0 Å². The summed E-state index contributed by atoms with van der Waals surface area (Å²) in [5.41, 5.74) is 2.99. The molecular weight excluding hydrogens is 368 g/mol. The van der Waals surface area contributed by atoms with Gasteiger partial charge in [-0.05, 0) is 25.4 Å². The van der Waals surface area contributed by atoms with Crippen molar-refractivity contribution in [3.63, 3.8) is 0 Å². The fourth-order valence-corrected chi connectivity index (χ4v) is 10.0. The summed E-state index contributed by atoms with van der Waals surface area (Å²) in [6.07, 6.45) is 0. The van der Waals surface area contributed by atoms with Crippen LogP contribution < -0.4 is 0 Å². The quantitative estimate of drug-likeness (QED) is 0.486. The number of hydrogen-bond donors (Lipinski definition) is 0. The van der Waals surface area contributed by atoms with Gasteiger partial charge in [0.15, 0.2) is 5.66 Å². The molecule has 0 aliphatic carbocycles. The van der Waals surface area contributed by atoms with E-state index in [1.165, 1.54) is 0 Å². The van der Waals surface area contributed by atoms with E-state index >= 15 is 0 Å². The first kappa shape index (κ1) is 20.8. The van der Waals surface area contributed by atoms with Crippen LogP contribution in [0, 0.1) is 21.9 Å². The molecule has 2 rings (SSSR count). The van der Waals surface area contributed by atoms with E-state index in [-0.39, 0.29) is 16.9 Å². The molecule has 8 heteroatoms. The molecule has 0 N–H and O–H groups in total. The predicted molar refractivity (Wildman–Crippen MR) is 102 cm³/mol. The molecule has 138 valence electrons. The second-order valence-corrected chi connectivity index (χ2v) is 13.6. The van der Waals surface area contributed by atoms with Crippen molar-refractivity contribution >= 4 is 27.3 Å². The Balaban J connectivity index is 2.35. The van der Waals surface area contributed by atoms with Crippen molar-refractivity contribution in [3.05, 3.63) is 0 Å². The highest BCUT2D eigenvalue weighted by Crippen LogP contribution is 2.81. The second-order valence-electron chi connectivity index (χ2n) is 8.37. The van der Waals surface area contributed by atoms with Crippen molar-refractivity contribution in [1.82, 2.24) is 4.44 Å². The Bertz CT molecular complexity index is 510. The molecule has 2 heterocycles. The summed E-state index contributed by atoms with van der Waals surface area (Å²) >= 11 is 5.78. The lowest BCUT2D eigenvalue weighted by Gasteiger charge is -2.42. The molecule has 0 aromatic heterocycles. The smallest absolute Gasteiger partial charge is 0.184 e. The van der Waals surface area contributed by atoms with Crippen molar-refractivity contribution in [1.29, 1.82) is 0 Å². The molecule has 2 aliphatic heterocycles. The minimum absolute atomic E-state index is 0.00218. The average Bonchev–Trinajstić information content (AvgIpc) is 2.46. The van der Waals surface area contributed by atoms with Gasteiger partial charge in [0.05, 0.1) is 15.9 Å². The lowest BCUT2D eigenvalue weighted by molar-refractivity contribution is 0.0196. The van der Waals surface area contributed by atoms with Crippen LogP contribution in [0.5, 0.6) is 0 Å². The molecular formula is C16H30ClNO4P2+2. The summed E-state index contributed by atoms with van der Waals surface area (Å²) in [5.74, 6) is 0. The monoisotopic (exact) mass is 397 g/mol. The number of hydrogen-bond acceptors (Lipinski definition) is 5. The van der Waals surface area contributed by atoms with Crippen molar-refractivity contribution < 1.29 is 18.1 Å². The molecule has 2 fully saturated rings. The molecule has 0 amide bonds. The highest BCUT2D eigenvalue weighted by atomic mass is 35.5. The Morgan fingerprint density at radius 3 is 1.71 bits per heavy atom. The van der Waals surface area contributed by atoms with Gasteiger partial charge in [0.2, 0.25) is 0 Å². The van der Waals surface area contributed by atoms with Crippen LogP contribution in [0.2, 0.25) is 0 Å². The van der Waals surface area contributed by atoms with Gasteiger partial charge in [-0.25, -0.2) is 0 Å². The average molecular weight is 398 g/mol. The van der Waals surface area contributed by atoms with E-state index < -0.39 is 15.7 Å². The first-order valence-electron chi connectivity index (χ1n) is 8.22. The van der Waals surface area contributed by atoms with Crippen LogP contribution in [0.4, 0.5) is 0 Å². The maximum Gasteiger partial charge on any atom is 0.472 e. The summed E-state index contributed by atoms with van der Waals surface area (Å²) in [7, 11) is -5.02. The summed E-state index contributed by atoms with van der Waals surface area (Å²) in [6, 6.07) is 0.0941. The van der Waals surface area contributed by atoms with Gasteiger partial charge in [-0.1, -0.05) is 27.7 Å². The van der Waals surface area contributed by atoms with Crippen molar-refractivity contribution in [2.24, 2.45) is 10.8 Å². The highest BCUT2D eigenvalue weighted by molar-refractivity contribution is 7.81. The van der Waals surface area contributed by atoms with E-state index in [0.29, 0.717) is 26.4 Å². The van der Waals surface area contributed by atoms with Crippen LogP contribution in [0.25, 0.3) is 0 Å². The Morgan fingerprint density at radius 2 is 1.33 bits per heavy atom. The lowest BCUT2D eigenvalue weighted by atomic mass is 9.97. The lowest BCUT2D eigenvalue weighted by Crippen LogP contribution is -2.43. The third-order valence-corrected chi connectivity index (χ3v) is 10.6. The molecule has 2 aliphatic rings. The van der Waals surface area contributed by atoms with Crippen LogP contribution >= 0.6 is 27.3 Å². The van der Waals surface area contributed by atoms with Gasteiger partial charge in [0, 0.05) is 10.8 Å². The van der Waals surface area contributed by atoms with Crippen LogP contribution in [-0.4, -0.2) is 43.6 Å². The van der Waals surface area contributed by atoms with Gasteiger partial charge in [0.1, 0.15) is 33.1 Å². The largest absolute Gasteiger partial charge is 0.472 e. The molecule has 0 spiro atoms. The molecule has 0 bridgehead atoms. The first-order chi connectivity index (χ1) is 11.0. The second kappa shape index (κ2) is 7.26. The zero-order valence-corrected chi connectivity index (χ0v) is 18.3. The molecule has 5 nitrogen and oxygen atoms in total. The van der Waals surface area contributed by atoms with E-state index in [1.807, 2.05) is 6.66 Å². The third kappa shape index (κ3) is 4.43. The molecule has 0 saturated carbocycles. The highest BCUT2D eigenvalue weighted by Gasteiger charge is 2.70. The summed E-state index contributed by atoms with van der Waals surface area (Å²) in [6.45, 7) is 17.1. The van der Waals surface area contributed by atoms with E-state index in [4.69, 9.17) is 29.7 Å². The molecule has 0 aromatic rings. The molecule has 24 heavy (non-hydrogen) atoms. The maximum atomic E-state index is 6.25. The number of nitrogens with zero attached hydrogens (tertiary/aromatic N) is 1. The fourth-order valence-electron chi connectivity index (χ4n) is 2.61. The summed E-state index contributed by atoms with van der Waals surface area (Å²) in [5, 5.41) is 2.50. The SMILES string of the molecule is CC(C)N([P+]1(C)OCC(C)(C)CO1)[P+]1(C#CCl)OCC(C)(C)CO1. The normalized spacial score (nSPS) is 27.6. The van der Waals surface area contributed by atoms with Crippen LogP contribution in [0.1, 0.15) is 41.5 Å². The zero-order valence-electron chi connectivity index (χ0n) is 15.8. The van der Waals surface area contributed by atoms with Crippen molar-refractivity contribution in [2.45, 2.75) is 47.6 Å². The Kier molecular flexibility index (Phi) is 6.30. The van der Waals surface area contributed by atoms with E-state index in [1.54, 1.807) is 0 Å². The Morgan fingerprint density at radius 1 is 0.917 bits per heavy atom. The molecule has 0 unspecified atom stereocenters. The standard InChI is InChI=1S/C16H30ClNO4P2/c1-14(2)18(23(7)19-10-15(3,4)11-20-23)24(9-8-17)21-12-16(5,6)13-22-24/h14H,10-13H2,1-7H3/q+2. The van der Waals surface area contributed by atoms with Gasteiger partial charge in [-0.2, -0.15) is 18.1 Å². The van der Waals surface area contributed by atoms with Crippen LogP contribution in [-0.2, 0) is 18.1 Å². The summed E-state index contributed by atoms with van der Waals surface area (Å²) < 4.78 is 27.1. The fraction of sp³-hybridized carbons (Fsp3) is 0.875. The van der Waals surface area contributed by atoms with E-state index in [2.05, 4.69) is 57.0 Å². The zero-order chi connectivity index (χ0) is 18.2. The first-order valence-corrected chi connectivity index (χ1v) is 12.2. The predicted octanol–water partition coefficient (Wildman–Crippen LogP) is 5.16. The Labute approximate surface area is 152 Å². The van der Waals surface area contributed by atoms with Gasteiger partial charge in [-0.15, -0.1) is 0 Å². The molecule has 0 atom stereocenters. The third-order valence-electron chi connectivity index (χ3n) is 3.94. The van der Waals surface area contributed by atoms with Gasteiger partial charge in [-0.3, -0.25) is 0 Å². The van der Waals surface area contributed by atoms with Crippen molar-refractivity contribution in [3.8, 4) is 11.0 Å². The van der Waals surface area contributed by atoms with Gasteiger partial charge < -0.3 is 0 Å². The maximum absolute atomic E-state index is 6.25. The number of halogens is 1. The van der Waals surface area contributed by atoms with E-state index in [9.17, 15) is 0 Å². The minimum Gasteiger partial charge on any atom is -0.184 e. The molecule has 0 aromatic carbocycles. The molecule has 0 radical (unpaired) electrons. The van der Waals surface area contributed by atoms with Gasteiger partial charge >= 0.3 is 15.7 Å². The molecule has 2 saturated heterocycles. The van der Waals surface area contributed by atoms with E-state index in [0.717, 1.165) is 0 Å². The topological polar surface area (TPSA) is 40.2 Å². The number of rotatable bonds is 3.